The third kappa shape index (κ3) is 5.64. The van der Waals surface area contributed by atoms with E-state index in [1.807, 2.05) is 31.2 Å². The second-order valence-electron chi connectivity index (χ2n) is 6.10. The van der Waals surface area contributed by atoms with Gasteiger partial charge in [-0.1, -0.05) is 37.9 Å². The summed E-state index contributed by atoms with van der Waals surface area (Å²) in [6, 6.07) is 4.05. The van der Waals surface area contributed by atoms with Crippen molar-refractivity contribution in [3.63, 3.8) is 0 Å². The van der Waals surface area contributed by atoms with Gasteiger partial charge in [-0.3, -0.25) is 9.98 Å². The largest absolute Gasteiger partial charge is 0.337 e. The van der Waals surface area contributed by atoms with Gasteiger partial charge < -0.3 is 9.84 Å². The average Bonchev–Trinajstić information content (AvgIpc) is 3.12. The van der Waals surface area contributed by atoms with Crippen LogP contribution in [0.2, 0.25) is 0 Å². The molecular weight excluding hydrogens is 326 g/mol. The molecule has 0 aliphatic rings. The van der Waals surface area contributed by atoms with Gasteiger partial charge in [-0.15, -0.1) is 0 Å². The van der Waals surface area contributed by atoms with Crippen LogP contribution < -0.4 is 5.32 Å². The number of aliphatic imine (C=N–C) groups is 1. The minimum Gasteiger partial charge on any atom is -0.337 e. The van der Waals surface area contributed by atoms with Crippen LogP contribution in [0, 0.1) is 11.8 Å². The zero-order valence-electron chi connectivity index (χ0n) is 15.9. The highest BCUT2D eigenvalue weighted by Gasteiger charge is 2.16. The molecule has 2 aromatic rings. The molecule has 0 saturated heterocycles. The molecule has 0 amide bonds. The first-order valence-corrected chi connectivity index (χ1v) is 8.74. The summed E-state index contributed by atoms with van der Waals surface area (Å²) in [6.45, 7) is 8.20. The van der Waals surface area contributed by atoms with E-state index in [2.05, 4.69) is 58.0 Å². The van der Waals surface area contributed by atoms with Gasteiger partial charge in [0.25, 0.3) is 0 Å². The first kappa shape index (κ1) is 19.5. The highest BCUT2D eigenvalue weighted by atomic mass is 16.5. The molecule has 0 aliphatic carbocycles. The Kier molecular flexibility index (Phi) is 7.24. The number of hydrogen-bond donors (Lipinski definition) is 1. The van der Waals surface area contributed by atoms with Crippen molar-refractivity contribution in [3.05, 3.63) is 41.9 Å². The first-order chi connectivity index (χ1) is 12.5. The molecule has 0 spiro atoms. The quantitative estimate of drug-likeness (QED) is 0.636. The summed E-state index contributed by atoms with van der Waals surface area (Å²) < 4.78 is 5.33. The van der Waals surface area contributed by atoms with Gasteiger partial charge in [0.15, 0.2) is 0 Å². The third-order valence-electron chi connectivity index (χ3n) is 3.48. The van der Waals surface area contributed by atoms with Crippen molar-refractivity contribution < 1.29 is 4.52 Å². The van der Waals surface area contributed by atoms with Crippen LogP contribution in [0.4, 0.5) is 0 Å². The average molecular weight is 351 g/mol. The molecule has 2 rings (SSSR count). The zero-order chi connectivity index (χ0) is 18.9. The normalized spacial score (nSPS) is 13.1. The summed E-state index contributed by atoms with van der Waals surface area (Å²) in [6.07, 6.45) is 6.60. The Morgan fingerprint density at radius 3 is 2.77 bits per heavy atom. The van der Waals surface area contributed by atoms with E-state index >= 15 is 0 Å². The number of allylic oxidation sites excluding steroid dienone is 2. The van der Waals surface area contributed by atoms with E-state index in [0.717, 1.165) is 17.7 Å². The van der Waals surface area contributed by atoms with Gasteiger partial charge in [0.1, 0.15) is 11.4 Å². The molecule has 6 heteroatoms. The standard InChI is InChI=1S/C20H25N5O/c1-6-7-8-17(21-5)11-9-16-10-12-18(22-13-16)19-24-20(26-25-19)15(4)23-14(2)3/h7-8,10,12-15,23H,6H2,1-5H3/b8-7-,21-17?. The number of hydrogen-bond acceptors (Lipinski definition) is 6. The van der Waals surface area contributed by atoms with Crippen LogP contribution in [0.15, 0.2) is 40.0 Å². The highest BCUT2D eigenvalue weighted by Crippen LogP contribution is 2.17. The van der Waals surface area contributed by atoms with Crippen LogP contribution in [0.5, 0.6) is 0 Å². The molecule has 0 saturated carbocycles. The highest BCUT2D eigenvalue weighted by molar-refractivity contribution is 6.08. The molecule has 0 bridgehead atoms. The molecule has 0 aliphatic heterocycles. The summed E-state index contributed by atoms with van der Waals surface area (Å²) >= 11 is 0. The van der Waals surface area contributed by atoms with Crippen LogP contribution in [0.1, 0.15) is 51.6 Å². The SMILES string of the molecule is CC/C=C\C(C#Cc1ccc(-c2noc(C(C)NC(C)C)n2)nc1)=NC. The Morgan fingerprint density at radius 1 is 1.35 bits per heavy atom. The van der Waals surface area contributed by atoms with Crippen molar-refractivity contribution in [2.24, 2.45) is 4.99 Å². The van der Waals surface area contributed by atoms with E-state index in [0.29, 0.717) is 23.5 Å². The van der Waals surface area contributed by atoms with Crippen LogP contribution in [0.25, 0.3) is 11.5 Å². The van der Waals surface area contributed by atoms with Crippen molar-refractivity contribution in [2.45, 2.75) is 46.2 Å². The van der Waals surface area contributed by atoms with Crippen LogP contribution in [0.3, 0.4) is 0 Å². The maximum Gasteiger partial charge on any atom is 0.243 e. The van der Waals surface area contributed by atoms with E-state index in [9.17, 15) is 0 Å². The van der Waals surface area contributed by atoms with Gasteiger partial charge in [-0.25, -0.2) is 0 Å². The molecule has 6 nitrogen and oxygen atoms in total. The predicted molar refractivity (Wildman–Crippen MR) is 104 cm³/mol. The zero-order valence-corrected chi connectivity index (χ0v) is 15.9. The molecule has 2 heterocycles. The molecule has 1 atom stereocenters. The van der Waals surface area contributed by atoms with Crippen molar-refractivity contribution in [2.75, 3.05) is 7.05 Å². The van der Waals surface area contributed by atoms with Gasteiger partial charge >= 0.3 is 0 Å². The minimum absolute atomic E-state index is 0.00989. The van der Waals surface area contributed by atoms with Gasteiger partial charge in [0, 0.05) is 24.8 Å². The fourth-order valence-corrected chi connectivity index (χ4v) is 2.22. The van der Waals surface area contributed by atoms with Crippen LogP contribution in [-0.4, -0.2) is 33.9 Å². The molecule has 0 radical (unpaired) electrons. The summed E-state index contributed by atoms with van der Waals surface area (Å²) in [5.41, 5.74) is 2.20. The molecule has 136 valence electrons. The van der Waals surface area contributed by atoms with Crippen molar-refractivity contribution in [1.82, 2.24) is 20.4 Å². The minimum atomic E-state index is -0.00989. The lowest BCUT2D eigenvalue weighted by Gasteiger charge is -2.11. The summed E-state index contributed by atoms with van der Waals surface area (Å²) in [4.78, 5) is 12.9. The maximum atomic E-state index is 5.33. The number of nitrogens with zero attached hydrogens (tertiary/aromatic N) is 4. The second kappa shape index (κ2) is 9.64. The fourth-order valence-electron chi connectivity index (χ4n) is 2.22. The Morgan fingerprint density at radius 2 is 2.15 bits per heavy atom. The molecule has 1 N–H and O–H groups in total. The van der Waals surface area contributed by atoms with E-state index < -0.39 is 0 Å². The van der Waals surface area contributed by atoms with Crippen molar-refractivity contribution in [3.8, 4) is 23.4 Å². The van der Waals surface area contributed by atoms with Gasteiger partial charge in [-0.2, -0.15) is 4.98 Å². The monoisotopic (exact) mass is 351 g/mol. The van der Waals surface area contributed by atoms with E-state index in [4.69, 9.17) is 4.52 Å². The molecular formula is C20H25N5O. The second-order valence-corrected chi connectivity index (χ2v) is 6.10. The molecule has 0 aromatic carbocycles. The predicted octanol–water partition coefficient (Wildman–Crippen LogP) is 3.58. The fraction of sp³-hybridized carbons (Fsp3) is 0.400. The number of rotatable bonds is 6. The van der Waals surface area contributed by atoms with Gasteiger partial charge in [0.05, 0.1) is 6.04 Å². The van der Waals surface area contributed by atoms with Crippen LogP contribution >= 0.6 is 0 Å². The van der Waals surface area contributed by atoms with Crippen LogP contribution in [-0.2, 0) is 0 Å². The smallest absolute Gasteiger partial charge is 0.243 e. The van der Waals surface area contributed by atoms with Gasteiger partial charge in [-0.05, 0) is 37.5 Å². The molecule has 2 aromatic heterocycles. The Hall–Kier alpha value is -2.78. The lowest BCUT2D eigenvalue weighted by molar-refractivity contribution is 0.330. The number of aromatic nitrogens is 3. The van der Waals surface area contributed by atoms with Crippen molar-refractivity contribution >= 4 is 5.71 Å². The van der Waals surface area contributed by atoms with Gasteiger partial charge in [0.2, 0.25) is 11.7 Å². The number of nitrogens with one attached hydrogen (secondary N) is 1. The van der Waals surface area contributed by atoms with E-state index in [1.54, 1.807) is 13.2 Å². The molecule has 1 unspecified atom stereocenters. The summed E-state index contributed by atoms with van der Waals surface area (Å²) in [5, 5.41) is 7.34. The first-order valence-electron chi connectivity index (χ1n) is 8.74. The topological polar surface area (TPSA) is 76.2 Å². The molecule has 0 fully saturated rings. The van der Waals surface area contributed by atoms with E-state index in [-0.39, 0.29) is 6.04 Å². The molecule has 26 heavy (non-hydrogen) atoms. The third-order valence-corrected chi connectivity index (χ3v) is 3.48. The Bertz CT molecular complexity index is 822. The summed E-state index contributed by atoms with van der Waals surface area (Å²) in [5.74, 6) is 7.11. The number of pyridine rings is 1. The maximum absolute atomic E-state index is 5.33. The Balaban J connectivity index is 2.11. The lowest BCUT2D eigenvalue weighted by Crippen LogP contribution is -2.26. The lowest BCUT2D eigenvalue weighted by atomic mass is 10.2. The summed E-state index contributed by atoms with van der Waals surface area (Å²) in [7, 11) is 1.73. The van der Waals surface area contributed by atoms with E-state index in [1.165, 1.54) is 0 Å². The van der Waals surface area contributed by atoms with Crippen molar-refractivity contribution in [1.29, 1.82) is 0 Å². The Labute approximate surface area is 154 Å².